The van der Waals surface area contributed by atoms with Crippen molar-refractivity contribution in [1.29, 1.82) is 0 Å². The van der Waals surface area contributed by atoms with Crippen LogP contribution in [0.4, 0.5) is 0 Å². The fourth-order valence-corrected chi connectivity index (χ4v) is 6.84. The number of aliphatic hydroxyl groups is 1. The highest BCUT2D eigenvalue weighted by atomic mass is 16.5. The van der Waals surface area contributed by atoms with E-state index >= 15 is 0 Å². The van der Waals surface area contributed by atoms with E-state index in [0.29, 0.717) is 24.0 Å². The van der Waals surface area contributed by atoms with Crippen LogP contribution in [0.2, 0.25) is 0 Å². The molecule has 2 saturated carbocycles. The SMILES string of the molecule is C=C(C)C(=O)OCCC(CCOC(=O)C(=C)CO)CC1CCC(C2CCC(c3ccc(CCC)cc3)CC2)CC1. The lowest BCUT2D eigenvalue weighted by Crippen LogP contribution is -2.26. The number of rotatable bonds is 15. The third kappa shape index (κ3) is 10.2. The Labute approximate surface area is 242 Å². The molecule has 2 aliphatic rings. The first-order valence-corrected chi connectivity index (χ1v) is 15.7. The number of hydrogen-bond donors (Lipinski definition) is 1. The van der Waals surface area contributed by atoms with Crippen LogP contribution in [0.3, 0.4) is 0 Å². The summed E-state index contributed by atoms with van der Waals surface area (Å²) in [5, 5.41) is 9.09. The number of aliphatic hydroxyl groups excluding tert-OH is 1. The third-order valence-corrected chi connectivity index (χ3v) is 9.33. The minimum atomic E-state index is -0.543. The number of ether oxygens (including phenoxy) is 2. The second-order valence-electron chi connectivity index (χ2n) is 12.4. The van der Waals surface area contributed by atoms with E-state index in [2.05, 4.69) is 44.3 Å². The molecule has 0 amide bonds. The molecule has 0 heterocycles. The molecular formula is C35H52O5. The van der Waals surface area contributed by atoms with Gasteiger partial charge < -0.3 is 14.6 Å². The Bertz CT molecular complexity index is 948. The number of esters is 2. The van der Waals surface area contributed by atoms with Gasteiger partial charge in [0.25, 0.3) is 0 Å². The first-order chi connectivity index (χ1) is 19.3. The molecule has 1 unspecified atom stereocenters. The van der Waals surface area contributed by atoms with Crippen molar-refractivity contribution in [3.63, 3.8) is 0 Å². The zero-order valence-electron chi connectivity index (χ0n) is 25.0. The van der Waals surface area contributed by atoms with Gasteiger partial charge in [0.1, 0.15) is 0 Å². The summed E-state index contributed by atoms with van der Waals surface area (Å²) >= 11 is 0. The number of carbonyl (C=O) groups excluding carboxylic acids is 2. The van der Waals surface area contributed by atoms with Crippen LogP contribution >= 0.6 is 0 Å². The molecule has 222 valence electrons. The summed E-state index contributed by atoms with van der Waals surface area (Å²) in [4.78, 5) is 23.7. The highest BCUT2D eigenvalue weighted by Crippen LogP contribution is 2.45. The second kappa shape index (κ2) is 16.8. The highest BCUT2D eigenvalue weighted by Gasteiger charge is 2.32. The summed E-state index contributed by atoms with van der Waals surface area (Å²) in [6.07, 6.45) is 15.4. The molecule has 0 aromatic heterocycles. The minimum absolute atomic E-state index is 0.0733. The molecule has 1 N–H and O–H groups in total. The van der Waals surface area contributed by atoms with E-state index in [9.17, 15) is 9.59 Å². The van der Waals surface area contributed by atoms with E-state index in [0.717, 1.165) is 37.0 Å². The van der Waals surface area contributed by atoms with E-state index in [-0.39, 0.29) is 18.1 Å². The Morgan fingerprint density at radius 2 is 1.43 bits per heavy atom. The Balaban J connectivity index is 1.43. The van der Waals surface area contributed by atoms with Gasteiger partial charge in [0.2, 0.25) is 0 Å². The van der Waals surface area contributed by atoms with Gasteiger partial charge in [-0.15, -0.1) is 0 Å². The van der Waals surface area contributed by atoms with Crippen LogP contribution in [0.25, 0.3) is 0 Å². The van der Waals surface area contributed by atoms with Crippen LogP contribution in [-0.4, -0.2) is 36.9 Å². The predicted molar refractivity (Wildman–Crippen MR) is 161 cm³/mol. The summed E-state index contributed by atoms with van der Waals surface area (Å²) in [5.74, 6) is 2.53. The lowest BCUT2D eigenvalue weighted by atomic mass is 9.67. The molecule has 1 atom stereocenters. The zero-order chi connectivity index (χ0) is 28.9. The van der Waals surface area contributed by atoms with Crippen molar-refractivity contribution in [2.24, 2.45) is 23.7 Å². The summed E-state index contributed by atoms with van der Waals surface area (Å²) < 4.78 is 10.7. The monoisotopic (exact) mass is 552 g/mol. The van der Waals surface area contributed by atoms with Crippen molar-refractivity contribution >= 4 is 11.9 Å². The average Bonchev–Trinajstić information content (AvgIpc) is 2.97. The molecule has 2 fully saturated rings. The molecule has 40 heavy (non-hydrogen) atoms. The maximum Gasteiger partial charge on any atom is 0.335 e. The fourth-order valence-electron chi connectivity index (χ4n) is 6.84. The summed E-state index contributed by atoms with van der Waals surface area (Å²) in [5.41, 5.74) is 3.48. The molecule has 5 nitrogen and oxygen atoms in total. The maximum atomic E-state index is 11.9. The molecular weight excluding hydrogens is 500 g/mol. The van der Waals surface area contributed by atoms with Crippen LogP contribution < -0.4 is 0 Å². The van der Waals surface area contributed by atoms with Gasteiger partial charge in [-0.2, -0.15) is 0 Å². The molecule has 0 saturated heterocycles. The topological polar surface area (TPSA) is 72.8 Å². The molecule has 1 aromatic carbocycles. The van der Waals surface area contributed by atoms with Gasteiger partial charge in [-0.3, -0.25) is 0 Å². The Morgan fingerprint density at radius 1 is 0.875 bits per heavy atom. The average molecular weight is 553 g/mol. The van der Waals surface area contributed by atoms with E-state index < -0.39 is 12.6 Å². The van der Waals surface area contributed by atoms with Crippen LogP contribution in [0.5, 0.6) is 0 Å². The smallest absolute Gasteiger partial charge is 0.335 e. The normalized spacial score (nSPS) is 23.7. The van der Waals surface area contributed by atoms with E-state index in [1.54, 1.807) is 6.92 Å². The molecule has 0 bridgehead atoms. The Morgan fingerprint density at radius 3 is 1.95 bits per heavy atom. The molecule has 0 spiro atoms. The zero-order valence-corrected chi connectivity index (χ0v) is 25.0. The summed E-state index contributed by atoms with van der Waals surface area (Å²) in [6.45, 7) is 11.3. The molecule has 3 rings (SSSR count). The summed E-state index contributed by atoms with van der Waals surface area (Å²) in [7, 11) is 0. The Hall–Kier alpha value is -2.40. The van der Waals surface area contributed by atoms with Gasteiger partial charge in [-0.25, -0.2) is 9.59 Å². The lowest BCUT2D eigenvalue weighted by molar-refractivity contribution is -0.139. The Kier molecular flexibility index (Phi) is 13.5. The van der Waals surface area contributed by atoms with E-state index in [1.807, 2.05) is 0 Å². The number of hydrogen-bond acceptors (Lipinski definition) is 5. The molecule has 1 aromatic rings. The van der Waals surface area contributed by atoms with Gasteiger partial charge >= 0.3 is 11.9 Å². The highest BCUT2D eigenvalue weighted by molar-refractivity contribution is 5.88. The van der Waals surface area contributed by atoms with Crippen LogP contribution in [0.15, 0.2) is 48.6 Å². The molecule has 5 heteroatoms. The van der Waals surface area contributed by atoms with Crippen molar-refractivity contribution < 1.29 is 24.2 Å². The van der Waals surface area contributed by atoms with Crippen molar-refractivity contribution in [2.75, 3.05) is 19.8 Å². The van der Waals surface area contributed by atoms with E-state index in [1.165, 1.54) is 75.3 Å². The number of benzene rings is 1. The van der Waals surface area contributed by atoms with Crippen molar-refractivity contribution in [2.45, 2.75) is 103 Å². The predicted octanol–water partition coefficient (Wildman–Crippen LogP) is 7.72. The lowest BCUT2D eigenvalue weighted by Gasteiger charge is -2.38. The van der Waals surface area contributed by atoms with Gasteiger partial charge in [0.05, 0.1) is 25.4 Å². The van der Waals surface area contributed by atoms with Crippen molar-refractivity contribution in [3.05, 3.63) is 59.7 Å². The number of aryl methyl sites for hydroxylation is 1. The largest absolute Gasteiger partial charge is 0.462 e. The second-order valence-corrected chi connectivity index (χ2v) is 12.4. The van der Waals surface area contributed by atoms with Crippen LogP contribution in [0.1, 0.15) is 108 Å². The molecule has 2 aliphatic carbocycles. The molecule has 0 radical (unpaired) electrons. The first-order valence-electron chi connectivity index (χ1n) is 15.7. The number of carbonyl (C=O) groups is 2. The van der Waals surface area contributed by atoms with Crippen LogP contribution in [-0.2, 0) is 25.5 Å². The third-order valence-electron chi connectivity index (χ3n) is 9.33. The standard InChI is InChI=1S/C35H52O5/c1-5-6-27-7-11-30(12-8-27)32-15-17-33(18-16-32)31-13-9-28(10-14-31)23-29(19-21-39-34(37)25(2)3)20-22-40-35(38)26(4)24-36/h7-8,11-12,28-29,31-33,36H,2,4-6,9-10,13-24H2,1,3H3. The van der Waals surface area contributed by atoms with Gasteiger partial charge in [-0.1, -0.05) is 63.6 Å². The van der Waals surface area contributed by atoms with Gasteiger partial charge in [0.15, 0.2) is 0 Å². The van der Waals surface area contributed by atoms with E-state index in [4.69, 9.17) is 14.6 Å². The summed E-state index contributed by atoms with van der Waals surface area (Å²) in [6, 6.07) is 9.42. The fraction of sp³-hybridized carbons (Fsp3) is 0.657. The van der Waals surface area contributed by atoms with Crippen LogP contribution in [0, 0.1) is 23.7 Å². The maximum absolute atomic E-state index is 11.9. The quantitative estimate of drug-likeness (QED) is 0.178. The van der Waals surface area contributed by atoms with Gasteiger partial charge in [0, 0.05) is 5.57 Å². The van der Waals surface area contributed by atoms with Gasteiger partial charge in [-0.05, 0) is 112 Å². The minimum Gasteiger partial charge on any atom is -0.462 e. The first kappa shape index (κ1) is 32.1. The van der Waals surface area contributed by atoms with Crippen molar-refractivity contribution in [3.8, 4) is 0 Å². The van der Waals surface area contributed by atoms with Crippen molar-refractivity contribution in [1.82, 2.24) is 0 Å². The molecule has 0 aliphatic heterocycles.